The van der Waals surface area contributed by atoms with Crippen LogP contribution in [0, 0.1) is 0 Å². The first-order chi connectivity index (χ1) is 8.04. The molecule has 0 radical (unpaired) electrons. The Bertz CT molecular complexity index is 367. The second-order valence-corrected chi connectivity index (χ2v) is 4.36. The predicted octanol–water partition coefficient (Wildman–Crippen LogP) is 1.05. The summed E-state index contributed by atoms with van der Waals surface area (Å²) in [4.78, 5) is 14.2. The van der Waals surface area contributed by atoms with Crippen molar-refractivity contribution in [1.29, 1.82) is 0 Å². The van der Waals surface area contributed by atoms with E-state index in [1.54, 1.807) is 31.3 Å². The van der Waals surface area contributed by atoms with Gasteiger partial charge in [-0.3, -0.25) is 4.79 Å². The Morgan fingerprint density at radius 2 is 2.06 bits per heavy atom. The van der Waals surface area contributed by atoms with Gasteiger partial charge in [0.25, 0.3) is 5.91 Å². The van der Waals surface area contributed by atoms with Crippen LogP contribution in [0.15, 0.2) is 29.2 Å². The van der Waals surface area contributed by atoms with Crippen molar-refractivity contribution < 1.29 is 14.6 Å². The standard InChI is InChI=1S/C12H17NO3S/c1-13(7-10(14)8-16-2)12(15)9-3-5-11(17)6-4-9/h3-6,10,14,17H,7-8H2,1-2H3. The number of hydrogen-bond acceptors (Lipinski definition) is 4. The third-order valence-electron chi connectivity index (χ3n) is 2.30. The molecule has 0 bridgehead atoms. The summed E-state index contributed by atoms with van der Waals surface area (Å²) in [5.41, 5.74) is 0.579. The number of methoxy groups -OCH3 is 1. The minimum absolute atomic E-state index is 0.131. The molecule has 0 saturated carbocycles. The molecule has 94 valence electrons. The molecule has 1 rings (SSSR count). The topological polar surface area (TPSA) is 49.8 Å². The van der Waals surface area contributed by atoms with Crippen molar-refractivity contribution in [1.82, 2.24) is 4.90 Å². The van der Waals surface area contributed by atoms with Gasteiger partial charge < -0.3 is 14.7 Å². The zero-order chi connectivity index (χ0) is 12.8. The van der Waals surface area contributed by atoms with Crippen molar-refractivity contribution >= 4 is 18.5 Å². The van der Waals surface area contributed by atoms with Gasteiger partial charge in [-0.1, -0.05) is 0 Å². The molecule has 0 spiro atoms. The molecule has 17 heavy (non-hydrogen) atoms. The van der Waals surface area contributed by atoms with Crippen LogP contribution in [0.5, 0.6) is 0 Å². The SMILES string of the molecule is COCC(O)CN(C)C(=O)c1ccc(S)cc1. The van der Waals surface area contributed by atoms with Crippen LogP contribution in [0.3, 0.4) is 0 Å². The molecule has 4 nitrogen and oxygen atoms in total. The number of rotatable bonds is 5. The van der Waals surface area contributed by atoms with E-state index in [0.29, 0.717) is 5.56 Å². The molecule has 0 aliphatic carbocycles. The van der Waals surface area contributed by atoms with Crippen molar-refractivity contribution in [3.8, 4) is 0 Å². The summed E-state index contributed by atoms with van der Waals surface area (Å²) < 4.78 is 4.81. The van der Waals surface area contributed by atoms with E-state index >= 15 is 0 Å². The molecule has 0 aliphatic rings. The monoisotopic (exact) mass is 255 g/mol. The lowest BCUT2D eigenvalue weighted by Crippen LogP contribution is -2.36. The lowest BCUT2D eigenvalue weighted by molar-refractivity contribution is 0.0380. The summed E-state index contributed by atoms with van der Waals surface area (Å²) in [5, 5.41) is 9.53. The van der Waals surface area contributed by atoms with Crippen LogP contribution in [0.4, 0.5) is 0 Å². The fourth-order valence-corrected chi connectivity index (χ4v) is 1.62. The number of carbonyl (C=O) groups is 1. The summed E-state index contributed by atoms with van der Waals surface area (Å²) >= 11 is 4.15. The summed E-state index contributed by atoms with van der Waals surface area (Å²) in [5.74, 6) is -0.131. The van der Waals surface area contributed by atoms with Gasteiger partial charge in [-0.2, -0.15) is 0 Å². The highest BCUT2D eigenvalue weighted by Crippen LogP contribution is 2.09. The molecule has 1 unspecified atom stereocenters. The normalized spacial score (nSPS) is 12.2. The molecular formula is C12H17NO3S. The maximum absolute atomic E-state index is 11.9. The number of thiol groups is 1. The molecule has 0 aliphatic heterocycles. The fourth-order valence-electron chi connectivity index (χ4n) is 1.47. The van der Waals surface area contributed by atoms with E-state index in [2.05, 4.69) is 12.6 Å². The van der Waals surface area contributed by atoms with Gasteiger partial charge in [-0.15, -0.1) is 12.6 Å². The van der Waals surface area contributed by atoms with Crippen LogP contribution in [0.2, 0.25) is 0 Å². The first-order valence-electron chi connectivity index (χ1n) is 5.26. The van der Waals surface area contributed by atoms with Gasteiger partial charge >= 0.3 is 0 Å². The second-order valence-electron chi connectivity index (χ2n) is 3.84. The zero-order valence-electron chi connectivity index (χ0n) is 9.96. The molecule has 0 heterocycles. The minimum atomic E-state index is -0.668. The second kappa shape index (κ2) is 6.64. The Kier molecular flexibility index (Phi) is 5.47. The molecule has 0 fully saturated rings. The number of amides is 1. The third-order valence-corrected chi connectivity index (χ3v) is 2.60. The van der Waals surface area contributed by atoms with E-state index in [1.165, 1.54) is 12.0 Å². The van der Waals surface area contributed by atoms with Gasteiger partial charge in [-0.25, -0.2) is 0 Å². The van der Waals surface area contributed by atoms with Crippen molar-refractivity contribution in [2.75, 3.05) is 27.3 Å². The smallest absolute Gasteiger partial charge is 0.253 e. The van der Waals surface area contributed by atoms with E-state index in [1.807, 2.05) is 0 Å². The third kappa shape index (κ3) is 4.38. The molecule has 0 saturated heterocycles. The fraction of sp³-hybridized carbons (Fsp3) is 0.417. The van der Waals surface area contributed by atoms with E-state index in [0.717, 1.165) is 4.90 Å². The molecular weight excluding hydrogens is 238 g/mol. The highest BCUT2D eigenvalue weighted by atomic mass is 32.1. The molecule has 1 N–H and O–H groups in total. The van der Waals surface area contributed by atoms with Crippen molar-refractivity contribution in [3.05, 3.63) is 29.8 Å². The van der Waals surface area contributed by atoms with Gasteiger partial charge in [0.1, 0.15) is 0 Å². The molecule has 1 aromatic carbocycles. The lowest BCUT2D eigenvalue weighted by Gasteiger charge is -2.20. The van der Waals surface area contributed by atoms with Gasteiger partial charge in [0.2, 0.25) is 0 Å². The lowest BCUT2D eigenvalue weighted by atomic mass is 10.2. The molecule has 1 aromatic rings. The summed E-state index contributed by atoms with van der Waals surface area (Å²) in [6, 6.07) is 6.94. The number of aliphatic hydroxyl groups is 1. The number of likely N-dealkylation sites (N-methyl/N-ethyl adjacent to an activating group) is 1. The Labute approximate surface area is 107 Å². The average Bonchev–Trinajstić information content (AvgIpc) is 2.29. The Morgan fingerprint density at radius 1 is 1.47 bits per heavy atom. The van der Waals surface area contributed by atoms with Crippen LogP contribution >= 0.6 is 12.6 Å². The van der Waals surface area contributed by atoms with Crippen LogP contribution in [-0.4, -0.2) is 49.3 Å². The van der Waals surface area contributed by atoms with Crippen molar-refractivity contribution in [2.45, 2.75) is 11.0 Å². The van der Waals surface area contributed by atoms with Gasteiger partial charge in [0.05, 0.1) is 12.7 Å². The first-order valence-corrected chi connectivity index (χ1v) is 5.70. The van der Waals surface area contributed by atoms with E-state index in [9.17, 15) is 9.90 Å². The highest BCUT2D eigenvalue weighted by molar-refractivity contribution is 7.80. The van der Waals surface area contributed by atoms with Crippen LogP contribution in [0.1, 0.15) is 10.4 Å². The Hall–Kier alpha value is -1.04. The quantitative estimate of drug-likeness (QED) is 0.773. The average molecular weight is 255 g/mol. The Morgan fingerprint density at radius 3 is 2.59 bits per heavy atom. The summed E-state index contributed by atoms with van der Waals surface area (Å²) in [6.45, 7) is 0.461. The van der Waals surface area contributed by atoms with E-state index in [-0.39, 0.29) is 19.1 Å². The van der Waals surface area contributed by atoms with E-state index < -0.39 is 6.10 Å². The largest absolute Gasteiger partial charge is 0.389 e. The van der Waals surface area contributed by atoms with Gasteiger partial charge in [-0.05, 0) is 24.3 Å². The molecule has 5 heteroatoms. The zero-order valence-corrected chi connectivity index (χ0v) is 10.9. The van der Waals surface area contributed by atoms with Crippen LogP contribution in [0.25, 0.3) is 0 Å². The number of ether oxygens (including phenoxy) is 1. The number of benzene rings is 1. The number of carbonyl (C=O) groups excluding carboxylic acids is 1. The van der Waals surface area contributed by atoms with Gasteiger partial charge in [0, 0.05) is 31.2 Å². The molecule has 1 atom stereocenters. The first kappa shape index (κ1) is 14.0. The summed E-state index contributed by atoms with van der Waals surface area (Å²) in [7, 11) is 3.16. The maximum atomic E-state index is 11.9. The number of aliphatic hydroxyl groups excluding tert-OH is 1. The van der Waals surface area contributed by atoms with Crippen molar-refractivity contribution in [2.24, 2.45) is 0 Å². The highest BCUT2D eigenvalue weighted by Gasteiger charge is 2.15. The van der Waals surface area contributed by atoms with Crippen LogP contribution in [-0.2, 0) is 4.74 Å². The van der Waals surface area contributed by atoms with E-state index in [4.69, 9.17) is 4.74 Å². The van der Waals surface area contributed by atoms with Crippen molar-refractivity contribution in [3.63, 3.8) is 0 Å². The number of nitrogens with zero attached hydrogens (tertiary/aromatic N) is 1. The van der Waals surface area contributed by atoms with Crippen LogP contribution < -0.4 is 0 Å². The summed E-state index contributed by atoms with van der Waals surface area (Å²) in [6.07, 6.45) is -0.668. The minimum Gasteiger partial charge on any atom is -0.389 e. The molecule has 0 aromatic heterocycles. The predicted molar refractivity (Wildman–Crippen MR) is 68.5 cm³/mol. The maximum Gasteiger partial charge on any atom is 0.253 e. The molecule has 1 amide bonds. The number of hydrogen-bond donors (Lipinski definition) is 2. The van der Waals surface area contributed by atoms with Gasteiger partial charge in [0.15, 0.2) is 0 Å². The Balaban J connectivity index is 2.60.